The van der Waals surface area contributed by atoms with E-state index in [2.05, 4.69) is 28.2 Å². The average Bonchev–Trinajstić information content (AvgIpc) is 2.24. The van der Waals surface area contributed by atoms with Crippen molar-refractivity contribution < 1.29 is 9.90 Å². The quantitative estimate of drug-likeness (QED) is 0.627. The lowest BCUT2D eigenvalue weighted by Gasteiger charge is -2.06. The Bertz CT molecular complexity index is 366. The number of carbonyl (C=O) groups excluding carboxylic acids is 1. The average molecular weight is 300 g/mol. The molecule has 1 unspecified atom stereocenters. The molecule has 0 saturated heterocycles. The Morgan fingerprint density at radius 1 is 1.53 bits per heavy atom. The van der Waals surface area contributed by atoms with Crippen LogP contribution in [0.15, 0.2) is 24.3 Å². The van der Waals surface area contributed by atoms with Crippen molar-refractivity contribution in [3.8, 4) is 5.75 Å². The predicted octanol–water partition coefficient (Wildman–Crippen LogP) is 2.61. The summed E-state index contributed by atoms with van der Waals surface area (Å²) in [5, 5.41) is 12.1. The second-order valence-electron chi connectivity index (χ2n) is 4.12. The predicted molar refractivity (Wildman–Crippen MR) is 72.4 cm³/mol. The van der Waals surface area contributed by atoms with Crippen molar-refractivity contribution in [2.45, 2.75) is 31.0 Å². The van der Waals surface area contributed by atoms with E-state index in [1.54, 1.807) is 18.2 Å². The van der Waals surface area contributed by atoms with Gasteiger partial charge in [0.15, 0.2) is 0 Å². The van der Waals surface area contributed by atoms with Gasteiger partial charge in [-0.15, -0.1) is 0 Å². The maximum absolute atomic E-state index is 11.6. The molecule has 1 aromatic rings. The van der Waals surface area contributed by atoms with Crippen LogP contribution in [0.5, 0.6) is 5.75 Å². The smallest absolute Gasteiger partial charge is 0.224 e. The summed E-state index contributed by atoms with van der Waals surface area (Å²) in [6, 6.07) is 6.78. The van der Waals surface area contributed by atoms with Gasteiger partial charge in [0.25, 0.3) is 0 Å². The lowest BCUT2D eigenvalue weighted by Crippen LogP contribution is -2.26. The van der Waals surface area contributed by atoms with Gasteiger partial charge < -0.3 is 10.4 Å². The first-order valence-electron chi connectivity index (χ1n) is 5.76. The molecule has 1 amide bonds. The van der Waals surface area contributed by atoms with Crippen LogP contribution in [0.25, 0.3) is 0 Å². The van der Waals surface area contributed by atoms with Gasteiger partial charge in [0.05, 0.1) is 6.42 Å². The molecule has 0 aliphatic rings. The molecule has 0 heterocycles. The summed E-state index contributed by atoms with van der Waals surface area (Å²) in [4.78, 5) is 12.1. The van der Waals surface area contributed by atoms with E-state index in [0.29, 0.717) is 17.8 Å². The standard InChI is InChI=1S/C13H18BrNO2/c1-10(14)4-3-7-15-13(17)9-11-5-2-6-12(16)8-11/h2,5-6,8,10,16H,3-4,7,9H2,1H3,(H,15,17). The first kappa shape index (κ1) is 14.0. The number of phenolic OH excluding ortho intramolecular Hbond substituents is 1. The van der Waals surface area contributed by atoms with E-state index in [-0.39, 0.29) is 11.7 Å². The van der Waals surface area contributed by atoms with E-state index in [0.717, 1.165) is 18.4 Å². The van der Waals surface area contributed by atoms with Crippen LogP contribution in [-0.4, -0.2) is 22.4 Å². The Morgan fingerprint density at radius 2 is 2.29 bits per heavy atom. The van der Waals surface area contributed by atoms with Gasteiger partial charge in [-0.1, -0.05) is 35.0 Å². The number of amides is 1. The van der Waals surface area contributed by atoms with Crippen molar-refractivity contribution in [2.24, 2.45) is 0 Å². The molecule has 0 saturated carbocycles. The number of aromatic hydroxyl groups is 1. The number of hydrogen-bond acceptors (Lipinski definition) is 2. The Balaban J connectivity index is 2.25. The molecule has 0 radical (unpaired) electrons. The number of nitrogens with one attached hydrogen (secondary N) is 1. The van der Waals surface area contributed by atoms with Gasteiger partial charge in [0, 0.05) is 11.4 Å². The van der Waals surface area contributed by atoms with Crippen LogP contribution < -0.4 is 5.32 Å². The highest BCUT2D eigenvalue weighted by atomic mass is 79.9. The molecule has 4 heteroatoms. The van der Waals surface area contributed by atoms with Gasteiger partial charge in [0.1, 0.15) is 5.75 Å². The van der Waals surface area contributed by atoms with E-state index >= 15 is 0 Å². The van der Waals surface area contributed by atoms with Crippen molar-refractivity contribution >= 4 is 21.8 Å². The molecule has 1 rings (SSSR count). The summed E-state index contributed by atoms with van der Waals surface area (Å²) >= 11 is 3.46. The molecule has 17 heavy (non-hydrogen) atoms. The summed E-state index contributed by atoms with van der Waals surface area (Å²) in [7, 11) is 0. The van der Waals surface area contributed by atoms with Gasteiger partial charge in [-0.2, -0.15) is 0 Å². The highest BCUT2D eigenvalue weighted by Crippen LogP contribution is 2.11. The van der Waals surface area contributed by atoms with Crippen molar-refractivity contribution in [1.29, 1.82) is 0 Å². The third-order valence-electron chi connectivity index (χ3n) is 2.38. The largest absolute Gasteiger partial charge is 0.508 e. The molecule has 1 atom stereocenters. The fourth-order valence-corrected chi connectivity index (χ4v) is 1.85. The molecule has 0 fully saturated rings. The van der Waals surface area contributed by atoms with Crippen molar-refractivity contribution in [3.05, 3.63) is 29.8 Å². The number of halogens is 1. The minimum absolute atomic E-state index is 0.00201. The summed E-state index contributed by atoms with van der Waals surface area (Å²) < 4.78 is 0. The molecule has 3 nitrogen and oxygen atoms in total. The van der Waals surface area contributed by atoms with Gasteiger partial charge in [-0.3, -0.25) is 4.79 Å². The monoisotopic (exact) mass is 299 g/mol. The fraction of sp³-hybridized carbons (Fsp3) is 0.462. The Kier molecular flexibility index (Phi) is 6.05. The molecule has 0 aliphatic heterocycles. The molecule has 0 spiro atoms. The minimum Gasteiger partial charge on any atom is -0.508 e. The third-order valence-corrected chi connectivity index (χ3v) is 2.83. The van der Waals surface area contributed by atoms with Gasteiger partial charge in [-0.05, 0) is 30.5 Å². The molecule has 2 N–H and O–H groups in total. The highest BCUT2D eigenvalue weighted by molar-refractivity contribution is 9.09. The summed E-state index contributed by atoms with van der Waals surface area (Å²) in [5.74, 6) is 0.196. The number of benzene rings is 1. The lowest BCUT2D eigenvalue weighted by molar-refractivity contribution is -0.120. The van der Waals surface area contributed by atoms with Gasteiger partial charge in [0.2, 0.25) is 5.91 Å². The summed E-state index contributed by atoms with van der Waals surface area (Å²) in [6.45, 7) is 2.79. The summed E-state index contributed by atoms with van der Waals surface area (Å²) in [6.07, 6.45) is 2.34. The first-order chi connectivity index (χ1) is 8.08. The third kappa shape index (κ3) is 6.31. The van der Waals surface area contributed by atoms with Gasteiger partial charge in [-0.25, -0.2) is 0 Å². The van der Waals surface area contributed by atoms with E-state index in [1.807, 2.05) is 6.07 Å². The van der Waals surface area contributed by atoms with Crippen molar-refractivity contribution in [1.82, 2.24) is 5.32 Å². The molecule has 1 aromatic carbocycles. The number of alkyl halides is 1. The van der Waals surface area contributed by atoms with E-state index in [1.165, 1.54) is 0 Å². The number of rotatable bonds is 6. The van der Waals surface area contributed by atoms with Crippen LogP contribution in [0.2, 0.25) is 0 Å². The maximum Gasteiger partial charge on any atom is 0.224 e. The number of phenols is 1. The second-order valence-corrected chi connectivity index (χ2v) is 5.68. The van der Waals surface area contributed by atoms with E-state index in [9.17, 15) is 9.90 Å². The second kappa shape index (κ2) is 7.33. The molecular weight excluding hydrogens is 282 g/mol. The zero-order valence-corrected chi connectivity index (χ0v) is 11.5. The van der Waals surface area contributed by atoms with Crippen LogP contribution in [0, 0.1) is 0 Å². The topological polar surface area (TPSA) is 49.3 Å². The Morgan fingerprint density at radius 3 is 2.94 bits per heavy atom. The molecule has 0 bridgehead atoms. The lowest BCUT2D eigenvalue weighted by atomic mass is 10.1. The van der Waals surface area contributed by atoms with Crippen LogP contribution in [0.3, 0.4) is 0 Å². The molecule has 0 aromatic heterocycles. The number of carbonyl (C=O) groups is 1. The molecule has 0 aliphatic carbocycles. The maximum atomic E-state index is 11.6. The fourth-order valence-electron chi connectivity index (χ4n) is 1.53. The van der Waals surface area contributed by atoms with Gasteiger partial charge >= 0.3 is 0 Å². The zero-order valence-electron chi connectivity index (χ0n) is 9.95. The van der Waals surface area contributed by atoms with Crippen molar-refractivity contribution in [3.63, 3.8) is 0 Å². The normalized spacial score (nSPS) is 12.1. The van der Waals surface area contributed by atoms with E-state index in [4.69, 9.17) is 0 Å². The summed E-state index contributed by atoms with van der Waals surface area (Å²) in [5.41, 5.74) is 0.830. The minimum atomic E-state index is -0.00201. The zero-order chi connectivity index (χ0) is 12.7. The van der Waals surface area contributed by atoms with Crippen LogP contribution in [0.1, 0.15) is 25.3 Å². The number of hydrogen-bond donors (Lipinski definition) is 2. The van der Waals surface area contributed by atoms with Crippen LogP contribution >= 0.6 is 15.9 Å². The first-order valence-corrected chi connectivity index (χ1v) is 6.68. The molecular formula is C13H18BrNO2. The highest BCUT2D eigenvalue weighted by Gasteiger charge is 2.03. The Labute approximate surface area is 110 Å². The Hall–Kier alpha value is -1.03. The van der Waals surface area contributed by atoms with Crippen LogP contribution in [0.4, 0.5) is 0 Å². The SMILES string of the molecule is CC(Br)CCCNC(=O)Cc1cccc(O)c1. The molecule has 94 valence electrons. The van der Waals surface area contributed by atoms with Crippen LogP contribution in [-0.2, 0) is 11.2 Å². The van der Waals surface area contributed by atoms with Crippen molar-refractivity contribution in [2.75, 3.05) is 6.54 Å². The van der Waals surface area contributed by atoms with E-state index < -0.39 is 0 Å².